The summed E-state index contributed by atoms with van der Waals surface area (Å²) in [6, 6.07) is 0. The molecular formula is C9H19NO2S. The minimum Gasteiger partial charge on any atom is -0.319 e. The van der Waals surface area contributed by atoms with Gasteiger partial charge in [-0.2, -0.15) is 0 Å². The van der Waals surface area contributed by atoms with Crippen LogP contribution in [0.4, 0.5) is 0 Å². The molecule has 4 heteroatoms. The third-order valence-electron chi connectivity index (χ3n) is 2.93. The van der Waals surface area contributed by atoms with Crippen LogP contribution in [0.1, 0.15) is 19.8 Å². The lowest BCUT2D eigenvalue weighted by molar-refractivity contribution is 0.344. The first-order valence-electron chi connectivity index (χ1n) is 4.94. The Morgan fingerprint density at radius 3 is 2.62 bits per heavy atom. The number of nitrogens with one attached hydrogen (secondary N) is 1. The lowest BCUT2D eigenvalue weighted by Gasteiger charge is -2.20. The maximum Gasteiger partial charge on any atom is 0.150 e. The average Bonchev–Trinajstić information content (AvgIpc) is 2.42. The van der Waals surface area contributed by atoms with E-state index in [1.54, 1.807) is 0 Å². The summed E-state index contributed by atoms with van der Waals surface area (Å²) in [7, 11) is -0.774. The first-order valence-corrected chi connectivity index (χ1v) is 6.76. The van der Waals surface area contributed by atoms with Crippen molar-refractivity contribution >= 4 is 9.84 Å². The number of hydrogen-bond donors (Lipinski definition) is 1. The van der Waals surface area contributed by atoms with Crippen molar-refractivity contribution in [2.24, 2.45) is 11.8 Å². The monoisotopic (exact) mass is 205 g/mol. The van der Waals surface area contributed by atoms with E-state index in [-0.39, 0.29) is 0 Å². The molecule has 13 heavy (non-hydrogen) atoms. The van der Waals surface area contributed by atoms with Crippen LogP contribution in [-0.4, -0.2) is 33.5 Å². The molecule has 2 unspecified atom stereocenters. The van der Waals surface area contributed by atoms with E-state index in [1.807, 2.05) is 7.05 Å². The highest BCUT2D eigenvalue weighted by Crippen LogP contribution is 2.27. The van der Waals surface area contributed by atoms with E-state index in [0.717, 1.165) is 19.4 Å². The van der Waals surface area contributed by atoms with Gasteiger partial charge in [0.15, 0.2) is 9.84 Å². The summed E-state index contributed by atoms with van der Waals surface area (Å²) in [5.41, 5.74) is 0. The quantitative estimate of drug-likeness (QED) is 0.733. The van der Waals surface area contributed by atoms with Crippen LogP contribution < -0.4 is 5.32 Å². The summed E-state index contributed by atoms with van der Waals surface area (Å²) >= 11 is 0. The van der Waals surface area contributed by atoms with Gasteiger partial charge in [-0.05, 0) is 31.8 Å². The van der Waals surface area contributed by atoms with Gasteiger partial charge in [0.05, 0.1) is 11.5 Å². The molecule has 0 bridgehead atoms. The Balaban J connectivity index is 2.52. The molecule has 2 atom stereocenters. The lowest BCUT2D eigenvalue weighted by Crippen LogP contribution is -2.26. The van der Waals surface area contributed by atoms with E-state index in [2.05, 4.69) is 12.2 Å². The fourth-order valence-corrected chi connectivity index (χ4v) is 4.02. The van der Waals surface area contributed by atoms with Crippen LogP contribution in [0.3, 0.4) is 0 Å². The second-order valence-corrected chi connectivity index (χ2v) is 6.12. The van der Waals surface area contributed by atoms with E-state index in [0.29, 0.717) is 23.3 Å². The van der Waals surface area contributed by atoms with Crippen LogP contribution in [0.15, 0.2) is 0 Å². The third-order valence-corrected chi connectivity index (χ3v) is 4.72. The van der Waals surface area contributed by atoms with Gasteiger partial charge in [-0.1, -0.05) is 13.3 Å². The van der Waals surface area contributed by atoms with Crippen molar-refractivity contribution < 1.29 is 8.42 Å². The molecule has 78 valence electrons. The van der Waals surface area contributed by atoms with Crippen molar-refractivity contribution in [3.8, 4) is 0 Å². The van der Waals surface area contributed by atoms with Crippen LogP contribution >= 0.6 is 0 Å². The van der Waals surface area contributed by atoms with E-state index in [9.17, 15) is 8.42 Å². The molecule has 0 amide bonds. The Hall–Kier alpha value is -0.0900. The highest BCUT2D eigenvalue weighted by Gasteiger charge is 2.32. The molecule has 1 aliphatic heterocycles. The summed E-state index contributed by atoms with van der Waals surface area (Å²) in [5.74, 6) is 1.73. The highest BCUT2D eigenvalue weighted by atomic mass is 32.2. The first kappa shape index (κ1) is 11.0. The van der Waals surface area contributed by atoms with Gasteiger partial charge < -0.3 is 5.32 Å². The van der Waals surface area contributed by atoms with Crippen molar-refractivity contribution in [3.63, 3.8) is 0 Å². The largest absolute Gasteiger partial charge is 0.319 e. The first-order chi connectivity index (χ1) is 6.09. The van der Waals surface area contributed by atoms with E-state index in [4.69, 9.17) is 0 Å². The van der Waals surface area contributed by atoms with Crippen LogP contribution in [0.25, 0.3) is 0 Å². The standard InChI is InChI=1S/C9H19NO2S/c1-3-8(6-10-2)9-4-5-13(11,12)7-9/h8-10H,3-7H2,1-2H3. The van der Waals surface area contributed by atoms with E-state index < -0.39 is 9.84 Å². The van der Waals surface area contributed by atoms with E-state index >= 15 is 0 Å². The van der Waals surface area contributed by atoms with Crippen molar-refractivity contribution in [2.75, 3.05) is 25.1 Å². The third kappa shape index (κ3) is 2.95. The summed E-state index contributed by atoms with van der Waals surface area (Å²) in [5, 5.41) is 3.13. The maximum atomic E-state index is 11.2. The number of rotatable bonds is 4. The number of sulfone groups is 1. The lowest BCUT2D eigenvalue weighted by atomic mass is 9.90. The van der Waals surface area contributed by atoms with Gasteiger partial charge in [-0.15, -0.1) is 0 Å². The molecule has 0 aliphatic carbocycles. The van der Waals surface area contributed by atoms with Crippen molar-refractivity contribution in [1.82, 2.24) is 5.32 Å². The maximum absolute atomic E-state index is 11.2. The molecule has 3 nitrogen and oxygen atoms in total. The summed E-state index contributed by atoms with van der Waals surface area (Å²) in [4.78, 5) is 0. The van der Waals surface area contributed by atoms with Gasteiger partial charge in [0.1, 0.15) is 0 Å². The molecule has 0 aromatic carbocycles. The van der Waals surface area contributed by atoms with Crippen LogP contribution in [-0.2, 0) is 9.84 Å². The van der Waals surface area contributed by atoms with Crippen molar-refractivity contribution in [3.05, 3.63) is 0 Å². The molecule has 0 radical (unpaired) electrons. The fraction of sp³-hybridized carbons (Fsp3) is 1.00. The van der Waals surface area contributed by atoms with Gasteiger partial charge in [-0.25, -0.2) is 8.42 Å². The van der Waals surface area contributed by atoms with Crippen molar-refractivity contribution in [1.29, 1.82) is 0 Å². The van der Waals surface area contributed by atoms with Gasteiger partial charge in [0.2, 0.25) is 0 Å². The zero-order valence-electron chi connectivity index (χ0n) is 8.41. The smallest absolute Gasteiger partial charge is 0.150 e. The van der Waals surface area contributed by atoms with Gasteiger partial charge in [0.25, 0.3) is 0 Å². The van der Waals surface area contributed by atoms with Crippen molar-refractivity contribution in [2.45, 2.75) is 19.8 Å². The molecule has 1 fully saturated rings. The minimum atomic E-state index is -2.70. The molecular weight excluding hydrogens is 186 g/mol. The SMILES string of the molecule is CCC(CNC)C1CCS(=O)(=O)C1. The molecule has 0 aromatic heterocycles. The normalized spacial score (nSPS) is 28.9. The highest BCUT2D eigenvalue weighted by molar-refractivity contribution is 7.91. The Bertz CT molecular complexity index is 248. The summed E-state index contributed by atoms with van der Waals surface area (Å²) < 4.78 is 22.5. The molecule has 1 saturated heterocycles. The zero-order valence-corrected chi connectivity index (χ0v) is 9.23. The minimum absolute atomic E-state index is 0.391. The molecule has 1 N–H and O–H groups in total. The van der Waals surface area contributed by atoms with Gasteiger partial charge >= 0.3 is 0 Å². The Kier molecular flexibility index (Phi) is 3.74. The molecule has 1 heterocycles. The summed E-state index contributed by atoms with van der Waals surface area (Å²) in [6.07, 6.45) is 1.93. The molecule has 0 saturated carbocycles. The Morgan fingerprint density at radius 1 is 1.54 bits per heavy atom. The summed E-state index contributed by atoms with van der Waals surface area (Å²) in [6.45, 7) is 3.07. The van der Waals surface area contributed by atoms with E-state index in [1.165, 1.54) is 0 Å². The Labute approximate surface area is 80.8 Å². The molecule has 0 aromatic rings. The zero-order chi connectivity index (χ0) is 9.90. The second kappa shape index (κ2) is 4.42. The molecule has 1 rings (SSSR count). The Morgan fingerprint density at radius 2 is 2.23 bits per heavy atom. The second-order valence-electron chi connectivity index (χ2n) is 3.89. The topological polar surface area (TPSA) is 46.2 Å². The molecule has 0 spiro atoms. The average molecular weight is 205 g/mol. The number of hydrogen-bond acceptors (Lipinski definition) is 3. The molecule has 1 aliphatic rings. The van der Waals surface area contributed by atoms with Crippen LogP contribution in [0.2, 0.25) is 0 Å². The van der Waals surface area contributed by atoms with Crippen LogP contribution in [0.5, 0.6) is 0 Å². The predicted octanol–water partition coefficient (Wildman–Crippen LogP) is 0.667. The predicted molar refractivity (Wildman–Crippen MR) is 54.5 cm³/mol. The van der Waals surface area contributed by atoms with Gasteiger partial charge in [-0.3, -0.25) is 0 Å². The van der Waals surface area contributed by atoms with Gasteiger partial charge in [0, 0.05) is 0 Å². The van der Waals surface area contributed by atoms with Crippen LogP contribution in [0, 0.1) is 11.8 Å². The fourth-order valence-electron chi connectivity index (χ4n) is 2.10.